The van der Waals surface area contributed by atoms with Crippen LogP contribution in [0.4, 0.5) is 0 Å². The van der Waals surface area contributed by atoms with Gasteiger partial charge in [0.15, 0.2) is 11.5 Å². The number of rotatable bonds is 15. The van der Waals surface area contributed by atoms with Gasteiger partial charge in [0.2, 0.25) is 5.91 Å². The van der Waals surface area contributed by atoms with Crippen LogP contribution in [0, 0.1) is 0 Å². The van der Waals surface area contributed by atoms with Crippen LogP contribution in [0.1, 0.15) is 46.1 Å². The molecule has 6 nitrogen and oxygen atoms in total. The van der Waals surface area contributed by atoms with Crippen LogP contribution < -0.4 is 9.47 Å². The Morgan fingerprint density at radius 1 is 0.947 bits per heavy atom. The van der Waals surface area contributed by atoms with Crippen LogP contribution in [0.5, 0.6) is 11.5 Å². The Morgan fingerprint density at radius 3 is 2.32 bits per heavy atom. The Kier molecular flexibility index (Phi) is 11.4. The summed E-state index contributed by atoms with van der Waals surface area (Å²) in [5.74, 6) is 1.05. The fraction of sp³-hybridized carbons (Fsp3) is 0.355. The molecule has 0 atom stereocenters. The Balaban J connectivity index is 1.73. The van der Waals surface area contributed by atoms with Gasteiger partial charge in [-0.3, -0.25) is 9.59 Å². The highest BCUT2D eigenvalue weighted by Crippen LogP contribution is 2.28. The van der Waals surface area contributed by atoms with Crippen molar-refractivity contribution in [1.82, 2.24) is 9.80 Å². The molecule has 0 aliphatic rings. The van der Waals surface area contributed by atoms with E-state index in [2.05, 4.69) is 13.5 Å². The van der Waals surface area contributed by atoms with Crippen LogP contribution in [0.2, 0.25) is 0 Å². The lowest BCUT2D eigenvalue weighted by Gasteiger charge is -2.27. The molecule has 0 fully saturated rings. The Morgan fingerprint density at radius 2 is 1.68 bits per heavy atom. The van der Waals surface area contributed by atoms with Crippen LogP contribution in [0.3, 0.4) is 0 Å². The molecule has 0 saturated heterocycles. The van der Waals surface area contributed by atoms with Gasteiger partial charge in [-0.1, -0.05) is 43.7 Å². The summed E-state index contributed by atoms with van der Waals surface area (Å²) < 4.78 is 10.8. The van der Waals surface area contributed by atoms with E-state index in [0.717, 1.165) is 29.7 Å². The minimum Gasteiger partial charge on any atom is -0.493 e. The van der Waals surface area contributed by atoms with Crippen molar-refractivity contribution in [2.45, 2.75) is 39.2 Å². The quantitative estimate of drug-likeness (QED) is 0.224. The highest BCUT2D eigenvalue weighted by molar-refractivity contribution is 7.09. The van der Waals surface area contributed by atoms with Crippen molar-refractivity contribution in [3.8, 4) is 11.5 Å². The summed E-state index contributed by atoms with van der Waals surface area (Å²) in [5, 5.41) is 2.00. The molecule has 0 radical (unpaired) electrons. The first-order chi connectivity index (χ1) is 18.5. The number of carbonyl (C=O) groups excluding carboxylic acids is 2. The van der Waals surface area contributed by atoms with Gasteiger partial charge in [0.25, 0.3) is 5.91 Å². The number of hydrogen-bond donors (Lipinski definition) is 0. The predicted octanol–water partition coefficient (Wildman–Crippen LogP) is 6.01. The average molecular weight is 535 g/mol. The summed E-state index contributed by atoms with van der Waals surface area (Å²) >= 11 is 1.61. The van der Waals surface area contributed by atoms with Crippen molar-refractivity contribution in [2.75, 3.05) is 33.9 Å². The number of aryl methyl sites for hydroxylation is 1. The minimum absolute atomic E-state index is 0.0141. The molecule has 202 valence electrons. The number of amides is 2. The second-order valence-corrected chi connectivity index (χ2v) is 10.1. The van der Waals surface area contributed by atoms with Crippen LogP contribution in [0.25, 0.3) is 0 Å². The second-order valence-electron chi connectivity index (χ2n) is 9.11. The summed E-state index contributed by atoms with van der Waals surface area (Å²) in [6.07, 6.45) is 5.55. The lowest BCUT2D eigenvalue weighted by molar-refractivity contribution is -0.132. The monoisotopic (exact) mass is 534 g/mol. The largest absolute Gasteiger partial charge is 0.493 e. The van der Waals surface area contributed by atoms with Gasteiger partial charge in [0, 0.05) is 23.5 Å². The van der Waals surface area contributed by atoms with Gasteiger partial charge in [0.05, 0.1) is 20.8 Å². The number of benzene rings is 2. The molecule has 0 N–H and O–H groups in total. The van der Waals surface area contributed by atoms with E-state index in [1.54, 1.807) is 36.5 Å². The van der Waals surface area contributed by atoms with Crippen LogP contribution in [-0.2, 0) is 24.2 Å². The standard InChI is InChI=1S/C31H38N2O4S/c1-5-7-9-24-11-14-26(15-12-24)31(35)33(18-6-2)23-30(34)32(22-27-10-8-20-38-27)19-17-25-13-16-28(36-3)29(21-25)37-4/h6,8,10-16,20-21H,2,5,7,9,17-19,22-23H2,1,3-4H3. The van der Waals surface area contributed by atoms with Gasteiger partial charge in [-0.2, -0.15) is 0 Å². The van der Waals surface area contributed by atoms with Crippen LogP contribution in [-0.4, -0.2) is 55.5 Å². The molecule has 1 heterocycles. The first kappa shape index (κ1) is 29.0. The van der Waals surface area contributed by atoms with Crippen molar-refractivity contribution in [3.63, 3.8) is 0 Å². The van der Waals surface area contributed by atoms with Crippen LogP contribution >= 0.6 is 11.3 Å². The second kappa shape index (κ2) is 15.0. The number of nitrogens with zero attached hydrogens (tertiary/aromatic N) is 2. The number of carbonyl (C=O) groups is 2. The lowest BCUT2D eigenvalue weighted by atomic mass is 10.1. The number of ether oxygens (including phenoxy) is 2. The maximum atomic E-state index is 13.6. The SMILES string of the molecule is C=CCN(CC(=O)N(CCc1ccc(OC)c(OC)c1)Cc1cccs1)C(=O)c1ccc(CCCC)cc1. The van der Waals surface area contributed by atoms with E-state index >= 15 is 0 Å². The van der Waals surface area contributed by atoms with Crippen molar-refractivity contribution in [1.29, 1.82) is 0 Å². The zero-order chi connectivity index (χ0) is 27.3. The number of unbranched alkanes of at least 4 members (excludes halogenated alkanes) is 1. The van der Waals surface area contributed by atoms with Crippen molar-refractivity contribution in [3.05, 3.63) is 94.2 Å². The zero-order valence-electron chi connectivity index (χ0n) is 22.7. The van der Waals surface area contributed by atoms with E-state index in [0.29, 0.717) is 43.1 Å². The van der Waals surface area contributed by atoms with Crippen molar-refractivity contribution < 1.29 is 19.1 Å². The van der Waals surface area contributed by atoms with E-state index in [-0.39, 0.29) is 18.4 Å². The maximum Gasteiger partial charge on any atom is 0.254 e. The number of methoxy groups -OCH3 is 2. The number of thiophene rings is 1. The first-order valence-corrected chi connectivity index (χ1v) is 13.9. The van der Waals surface area contributed by atoms with Crippen molar-refractivity contribution >= 4 is 23.2 Å². The molecule has 0 saturated carbocycles. The fourth-order valence-electron chi connectivity index (χ4n) is 4.20. The third kappa shape index (κ3) is 8.21. The van der Waals surface area contributed by atoms with Gasteiger partial charge in [-0.05, 0) is 66.1 Å². The Labute approximate surface area is 230 Å². The van der Waals surface area contributed by atoms with E-state index in [9.17, 15) is 9.59 Å². The summed E-state index contributed by atoms with van der Waals surface area (Å²) in [6, 6.07) is 17.5. The van der Waals surface area contributed by atoms with E-state index in [4.69, 9.17) is 9.47 Å². The molecule has 7 heteroatoms. The lowest BCUT2D eigenvalue weighted by Crippen LogP contribution is -2.43. The minimum atomic E-state index is -0.170. The normalized spacial score (nSPS) is 10.6. The molecule has 2 amide bonds. The van der Waals surface area contributed by atoms with E-state index in [1.807, 2.05) is 64.9 Å². The molecule has 38 heavy (non-hydrogen) atoms. The first-order valence-electron chi connectivity index (χ1n) is 13.0. The molecular weight excluding hydrogens is 496 g/mol. The zero-order valence-corrected chi connectivity index (χ0v) is 23.5. The van der Waals surface area contributed by atoms with Gasteiger partial charge >= 0.3 is 0 Å². The van der Waals surface area contributed by atoms with E-state index in [1.165, 1.54) is 5.56 Å². The third-order valence-electron chi connectivity index (χ3n) is 6.38. The highest BCUT2D eigenvalue weighted by atomic mass is 32.1. The average Bonchev–Trinajstić information content (AvgIpc) is 3.46. The Hall–Kier alpha value is -3.58. The molecular formula is C31H38N2O4S. The predicted molar refractivity (Wildman–Crippen MR) is 154 cm³/mol. The Bertz CT molecular complexity index is 1180. The van der Waals surface area contributed by atoms with E-state index < -0.39 is 0 Å². The molecule has 0 aliphatic heterocycles. The van der Waals surface area contributed by atoms with Crippen LogP contribution in [0.15, 0.2) is 72.6 Å². The topological polar surface area (TPSA) is 59.1 Å². The summed E-state index contributed by atoms with van der Waals surface area (Å²) in [5.41, 5.74) is 2.83. The molecule has 1 aromatic heterocycles. The smallest absolute Gasteiger partial charge is 0.254 e. The van der Waals surface area contributed by atoms with Gasteiger partial charge in [0.1, 0.15) is 6.54 Å². The molecule has 2 aromatic carbocycles. The fourth-order valence-corrected chi connectivity index (χ4v) is 4.92. The third-order valence-corrected chi connectivity index (χ3v) is 7.24. The highest BCUT2D eigenvalue weighted by Gasteiger charge is 2.22. The summed E-state index contributed by atoms with van der Waals surface area (Å²) in [7, 11) is 3.22. The molecule has 0 spiro atoms. The molecule has 0 aliphatic carbocycles. The van der Waals surface area contributed by atoms with Gasteiger partial charge in [-0.15, -0.1) is 17.9 Å². The summed E-state index contributed by atoms with van der Waals surface area (Å²) in [4.78, 5) is 31.4. The van der Waals surface area contributed by atoms with Crippen molar-refractivity contribution in [2.24, 2.45) is 0 Å². The van der Waals surface area contributed by atoms with Gasteiger partial charge < -0.3 is 19.3 Å². The number of hydrogen-bond acceptors (Lipinski definition) is 5. The maximum absolute atomic E-state index is 13.6. The summed E-state index contributed by atoms with van der Waals surface area (Å²) in [6.45, 7) is 7.25. The van der Waals surface area contributed by atoms with Gasteiger partial charge in [-0.25, -0.2) is 0 Å². The molecule has 3 aromatic rings. The molecule has 3 rings (SSSR count). The molecule has 0 bridgehead atoms. The molecule has 0 unspecified atom stereocenters.